The van der Waals surface area contributed by atoms with Crippen LogP contribution in [0.15, 0.2) is 18.2 Å². The van der Waals surface area contributed by atoms with Gasteiger partial charge in [-0.2, -0.15) is 5.10 Å². The molecule has 0 N–H and O–H groups in total. The molecule has 72 valence electrons. The molecular formula is C8H6Cl2N4. The first-order valence-corrected chi connectivity index (χ1v) is 4.64. The molecule has 2 aromatic rings. The standard InChI is InChI=1S/C8H6Cl2N4/c1-5-4-7(10)14(13-5)8-3-2-6(9)11-12-8/h2-4H,1H3. The Morgan fingerprint density at radius 3 is 2.50 bits per heavy atom. The van der Waals surface area contributed by atoms with Crippen LogP contribution in [-0.4, -0.2) is 20.0 Å². The first kappa shape index (κ1) is 9.43. The summed E-state index contributed by atoms with van der Waals surface area (Å²) in [7, 11) is 0. The second-order valence-electron chi connectivity index (χ2n) is 2.73. The van der Waals surface area contributed by atoms with Gasteiger partial charge in [-0.15, -0.1) is 10.2 Å². The van der Waals surface area contributed by atoms with Crippen molar-refractivity contribution < 1.29 is 0 Å². The Morgan fingerprint density at radius 1 is 1.21 bits per heavy atom. The van der Waals surface area contributed by atoms with E-state index in [0.717, 1.165) is 5.69 Å². The number of aromatic nitrogens is 4. The predicted octanol–water partition coefficient (Wildman–Crippen LogP) is 2.28. The molecule has 0 fully saturated rings. The first-order valence-electron chi connectivity index (χ1n) is 3.88. The molecule has 2 aromatic heterocycles. The van der Waals surface area contributed by atoms with E-state index in [-0.39, 0.29) is 0 Å². The quantitative estimate of drug-likeness (QED) is 0.753. The SMILES string of the molecule is Cc1cc(Cl)n(-c2ccc(Cl)nn2)n1. The molecule has 2 heterocycles. The van der Waals surface area contributed by atoms with E-state index in [1.54, 1.807) is 18.2 Å². The molecule has 0 bridgehead atoms. The van der Waals surface area contributed by atoms with E-state index < -0.39 is 0 Å². The van der Waals surface area contributed by atoms with Gasteiger partial charge >= 0.3 is 0 Å². The average Bonchev–Trinajstić information content (AvgIpc) is 2.47. The Morgan fingerprint density at radius 2 is 2.00 bits per heavy atom. The maximum absolute atomic E-state index is 5.92. The van der Waals surface area contributed by atoms with Crippen LogP contribution < -0.4 is 0 Å². The lowest BCUT2D eigenvalue weighted by Crippen LogP contribution is -2.00. The van der Waals surface area contributed by atoms with Crippen LogP contribution in [0.1, 0.15) is 5.69 Å². The van der Waals surface area contributed by atoms with E-state index >= 15 is 0 Å². The molecule has 0 spiro atoms. The number of hydrogen-bond donors (Lipinski definition) is 0. The van der Waals surface area contributed by atoms with E-state index in [0.29, 0.717) is 16.1 Å². The molecule has 0 aliphatic carbocycles. The lowest BCUT2D eigenvalue weighted by Gasteiger charge is -1.99. The van der Waals surface area contributed by atoms with Gasteiger partial charge in [0.25, 0.3) is 0 Å². The summed E-state index contributed by atoms with van der Waals surface area (Å²) in [5.74, 6) is 0.549. The van der Waals surface area contributed by atoms with Gasteiger partial charge in [0.1, 0.15) is 5.15 Å². The number of aryl methyl sites for hydroxylation is 1. The molecule has 14 heavy (non-hydrogen) atoms. The predicted molar refractivity (Wildman–Crippen MR) is 53.9 cm³/mol. The molecular weight excluding hydrogens is 223 g/mol. The van der Waals surface area contributed by atoms with Crippen molar-refractivity contribution in [2.75, 3.05) is 0 Å². The van der Waals surface area contributed by atoms with Crippen molar-refractivity contribution in [3.63, 3.8) is 0 Å². The fourth-order valence-corrected chi connectivity index (χ4v) is 1.43. The van der Waals surface area contributed by atoms with Crippen LogP contribution in [0.5, 0.6) is 0 Å². The minimum Gasteiger partial charge on any atom is -0.202 e. The highest BCUT2D eigenvalue weighted by Gasteiger charge is 2.06. The number of nitrogens with zero attached hydrogens (tertiary/aromatic N) is 4. The van der Waals surface area contributed by atoms with Crippen LogP contribution in [-0.2, 0) is 0 Å². The first-order chi connectivity index (χ1) is 6.66. The summed E-state index contributed by atoms with van der Waals surface area (Å²) < 4.78 is 1.50. The van der Waals surface area contributed by atoms with Crippen LogP contribution in [0.25, 0.3) is 5.82 Å². The molecule has 0 saturated heterocycles. The lowest BCUT2D eigenvalue weighted by molar-refractivity contribution is 0.804. The highest BCUT2D eigenvalue weighted by molar-refractivity contribution is 6.30. The van der Waals surface area contributed by atoms with Gasteiger partial charge in [-0.3, -0.25) is 0 Å². The van der Waals surface area contributed by atoms with E-state index in [9.17, 15) is 0 Å². The molecule has 2 rings (SSSR count). The highest BCUT2D eigenvalue weighted by Crippen LogP contribution is 2.15. The molecule has 0 radical (unpaired) electrons. The van der Waals surface area contributed by atoms with Crippen molar-refractivity contribution in [1.29, 1.82) is 0 Å². The minimum atomic E-state index is 0.341. The third-order valence-electron chi connectivity index (χ3n) is 1.62. The largest absolute Gasteiger partial charge is 0.202 e. The number of rotatable bonds is 1. The zero-order valence-corrected chi connectivity index (χ0v) is 8.79. The Hall–Kier alpha value is -1.13. The monoisotopic (exact) mass is 228 g/mol. The fourth-order valence-electron chi connectivity index (χ4n) is 1.05. The summed E-state index contributed by atoms with van der Waals surface area (Å²) in [6, 6.07) is 5.09. The molecule has 0 aliphatic rings. The molecule has 0 aromatic carbocycles. The summed E-state index contributed by atoms with van der Waals surface area (Å²) in [6.45, 7) is 1.85. The summed E-state index contributed by atoms with van der Waals surface area (Å²) in [5, 5.41) is 12.5. The van der Waals surface area contributed by atoms with Crippen LogP contribution >= 0.6 is 23.2 Å². The van der Waals surface area contributed by atoms with E-state index in [4.69, 9.17) is 23.2 Å². The smallest absolute Gasteiger partial charge is 0.177 e. The molecule has 0 aliphatic heterocycles. The van der Waals surface area contributed by atoms with Crippen molar-refractivity contribution in [2.45, 2.75) is 6.92 Å². The van der Waals surface area contributed by atoms with E-state index in [1.165, 1.54) is 4.68 Å². The molecule has 0 amide bonds. The molecule has 4 nitrogen and oxygen atoms in total. The third-order valence-corrected chi connectivity index (χ3v) is 2.09. The maximum atomic E-state index is 5.92. The molecule has 0 atom stereocenters. The van der Waals surface area contributed by atoms with E-state index in [2.05, 4.69) is 15.3 Å². The van der Waals surface area contributed by atoms with Gasteiger partial charge in [-0.1, -0.05) is 23.2 Å². The zero-order valence-electron chi connectivity index (χ0n) is 7.28. The average molecular weight is 229 g/mol. The minimum absolute atomic E-state index is 0.341. The van der Waals surface area contributed by atoms with Crippen molar-refractivity contribution >= 4 is 23.2 Å². The summed E-state index contributed by atoms with van der Waals surface area (Å²) in [6.07, 6.45) is 0. The molecule has 0 saturated carbocycles. The Balaban J connectivity index is 2.49. The van der Waals surface area contributed by atoms with Crippen LogP contribution in [0, 0.1) is 6.92 Å². The van der Waals surface area contributed by atoms with Gasteiger partial charge in [0.15, 0.2) is 11.0 Å². The lowest BCUT2D eigenvalue weighted by atomic mass is 10.5. The normalized spacial score (nSPS) is 10.5. The second-order valence-corrected chi connectivity index (χ2v) is 3.51. The van der Waals surface area contributed by atoms with Crippen LogP contribution in [0.4, 0.5) is 0 Å². The Labute approximate surface area is 90.5 Å². The van der Waals surface area contributed by atoms with Gasteiger partial charge in [-0.25, -0.2) is 4.68 Å². The van der Waals surface area contributed by atoms with Crippen LogP contribution in [0.3, 0.4) is 0 Å². The van der Waals surface area contributed by atoms with Crippen molar-refractivity contribution in [3.8, 4) is 5.82 Å². The van der Waals surface area contributed by atoms with Gasteiger partial charge in [0, 0.05) is 0 Å². The van der Waals surface area contributed by atoms with Gasteiger partial charge in [0.2, 0.25) is 0 Å². The topological polar surface area (TPSA) is 43.6 Å². The second kappa shape index (κ2) is 3.55. The fraction of sp³-hybridized carbons (Fsp3) is 0.125. The van der Waals surface area contributed by atoms with Crippen molar-refractivity contribution in [3.05, 3.63) is 34.2 Å². The zero-order chi connectivity index (χ0) is 10.1. The molecule has 0 unspecified atom stereocenters. The number of hydrogen-bond acceptors (Lipinski definition) is 3. The summed E-state index contributed by atoms with van der Waals surface area (Å²) in [5.41, 5.74) is 0.826. The van der Waals surface area contributed by atoms with Crippen LogP contribution in [0.2, 0.25) is 10.3 Å². The third kappa shape index (κ3) is 1.71. The van der Waals surface area contributed by atoms with Crippen molar-refractivity contribution in [1.82, 2.24) is 20.0 Å². The molecule has 6 heteroatoms. The maximum Gasteiger partial charge on any atom is 0.177 e. The van der Waals surface area contributed by atoms with Gasteiger partial charge in [0.05, 0.1) is 5.69 Å². The van der Waals surface area contributed by atoms with E-state index in [1.807, 2.05) is 6.92 Å². The highest BCUT2D eigenvalue weighted by atomic mass is 35.5. The Kier molecular flexibility index (Phi) is 2.39. The Bertz CT molecular complexity index is 449. The van der Waals surface area contributed by atoms with Gasteiger partial charge < -0.3 is 0 Å². The number of halogens is 2. The van der Waals surface area contributed by atoms with Crippen molar-refractivity contribution in [2.24, 2.45) is 0 Å². The van der Waals surface area contributed by atoms with Gasteiger partial charge in [-0.05, 0) is 25.1 Å². The summed E-state index contributed by atoms with van der Waals surface area (Å²) in [4.78, 5) is 0. The summed E-state index contributed by atoms with van der Waals surface area (Å²) >= 11 is 11.5.